The molecule has 0 spiro atoms. The van der Waals surface area contributed by atoms with Crippen LogP contribution in [0.2, 0.25) is 0 Å². The van der Waals surface area contributed by atoms with Crippen molar-refractivity contribution in [3.63, 3.8) is 0 Å². The van der Waals surface area contributed by atoms with E-state index in [2.05, 4.69) is 11.9 Å². The van der Waals surface area contributed by atoms with E-state index in [9.17, 15) is 5.11 Å². The monoisotopic (exact) mass is 238 g/mol. The van der Waals surface area contributed by atoms with Gasteiger partial charge < -0.3 is 14.7 Å². The van der Waals surface area contributed by atoms with Gasteiger partial charge in [0, 0.05) is 17.3 Å². The van der Waals surface area contributed by atoms with E-state index in [4.69, 9.17) is 4.74 Å². The number of rotatable bonds is 5. The van der Waals surface area contributed by atoms with Gasteiger partial charge in [0.25, 0.3) is 0 Å². The molecule has 0 amide bonds. The first-order valence-corrected chi connectivity index (χ1v) is 5.80. The van der Waals surface area contributed by atoms with Crippen LogP contribution >= 0.6 is 0 Å². The van der Waals surface area contributed by atoms with E-state index < -0.39 is 6.10 Å². The lowest BCUT2D eigenvalue weighted by Crippen LogP contribution is -2.46. The van der Waals surface area contributed by atoms with Crippen LogP contribution in [0.4, 0.5) is 0 Å². The van der Waals surface area contributed by atoms with E-state index in [0.29, 0.717) is 5.75 Å². The summed E-state index contributed by atoms with van der Waals surface area (Å²) in [5.74, 6) is 0.666. The van der Waals surface area contributed by atoms with Crippen LogP contribution in [-0.2, 0) is 0 Å². The zero-order valence-corrected chi connectivity index (χ0v) is 11.3. The van der Waals surface area contributed by atoms with E-state index in [1.807, 2.05) is 32.0 Å². The van der Waals surface area contributed by atoms with Crippen molar-refractivity contribution in [2.75, 3.05) is 21.2 Å². The highest BCUT2D eigenvalue weighted by atomic mass is 16.5. The molecule has 96 valence electrons. The van der Waals surface area contributed by atoms with Crippen LogP contribution in [0.1, 0.15) is 31.9 Å². The molecule has 1 N–H and O–H groups in total. The second kappa shape index (κ2) is 5.47. The molecule has 1 aromatic rings. The van der Waals surface area contributed by atoms with E-state index >= 15 is 0 Å². The fraction of sp³-hybridized carbons (Fsp3) is 0.615. The zero-order valence-electron chi connectivity index (χ0n) is 11.3. The lowest BCUT2D eigenvalue weighted by atomic mass is 9.86. The number of hydrogen-bond donors (Lipinski definition) is 1. The van der Waals surface area contributed by atoms with Crippen LogP contribution in [0.5, 0.6) is 5.75 Å². The molecule has 0 fully saturated rings. The van der Waals surface area contributed by atoms with E-state index in [1.165, 1.54) is 0 Å². The number of aliphatic hydroxyl groups excluding tert-OH is 1. The van der Waals surface area contributed by atoms with Crippen molar-refractivity contribution in [3.05, 3.63) is 24.0 Å². The molecular formula is C13H22N2O2. The molecule has 0 aromatic carbocycles. The maximum Gasteiger partial charge on any atom is 0.137 e. The van der Waals surface area contributed by atoms with Crippen molar-refractivity contribution in [3.8, 4) is 5.75 Å². The van der Waals surface area contributed by atoms with Crippen LogP contribution in [0, 0.1) is 0 Å². The Balaban J connectivity index is 3.05. The Morgan fingerprint density at radius 3 is 2.59 bits per heavy atom. The summed E-state index contributed by atoms with van der Waals surface area (Å²) >= 11 is 0. The number of likely N-dealkylation sites (N-methyl/N-ethyl adjacent to an activating group) is 1. The number of hydrogen-bond acceptors (Lipinski definition) is 4. The maximum atomic E-state index is 10.5. The van der Waals surface area contributed by atoms with Gasteiger partial charge in [0.05, 0.1) is 19.4 Å². The lowest BCUT2D eigenvalue weighted by Gasteiger charge is -2.40. The number of aromatic nitrogens is 1. The van der Waals surface area contributed by atoms with Gasteiger partial charge in [-0.3, -0.25) is 4.98 Å². The molecule has 2 atom stereocenters. The second-order valence-electron chi connectivity index (χ2n) is 4.67. The summed E-state index contributed by atoms with van der Waals surface area (Å²) < 4.78 is 5.12. The molecule has 0 saturated heterocycles. The smallest absolute Gasteiger partial charge is 0.137 e. The average Bonchev–Trinajstić information content (AvgIpc) is 2.36. The van der Waals surface area contributed by atoms with Gasteiger partial charge in [-0.25, -0.2) is 0 Å². The summed E-state index contributed by atoms with van der Waals surface area (Å²) in [6, 6.07) is 1.83. The largest absolute Gasteiger partial charge is 0.495 e. The van der Waals surface area contributed by atoms with Crippen molar-refractivity contribution in [1.29, 1.82) is 0 Å². The van der Waals surface area contributed by atoms with Crippen molar-refractivity contribution < 1.29 is 9.84 Å². The highest BCUT2D eigenvalue weighted by molar-refractivity contribution is 5.27. The van der Waals surface area contributed by atoms with E-state index in [0.717, 1.165) is 12.0 Å². The highest BCUT2D eigenvalue weighted by Crippen LogP contribution is 2.33. The molecule has 0 aliphatic carbocycles. The number of methoxy groups -OCH3 is 1. The molecule has 4 nitrogen and oxygen atoms in total. The summed E-state index contributed by atoms with van der Waals surface area (Å²) in [6.45, 7) is 4.11. The SMILES string of the molecule is CCC(C)(C(O)c1cncc(OC)c1)N(C)C. The summed E-state index contributed by atoms with van der Waals surface area (Å²) in [7, 11) is 5.54. The van der Waals surface area contributed by atoms with Gasteiger partial charge in [-0.1, -0.05) is 6.92 Å². The second-order valence-corrected chi connectivity index (χ2v) is 4.67. The van der Waals surface area contributed by atoms with Crippen molar-refractivity contribution in [2.45, 2.75) is 31.9 Å². The predicted molar refractivity (Wildman–Crippen MR) is 68.1 cm³/mol. The molecule has 1 aromatic heterocycles. The third kappa shape index (κ3) is 2.76. The normalized spacial score (nSPS) is 16.6. The van der Waals surface area contributed by atoms with Gasteiger partial charge >= 0.3 is 0 Å². The van der Waals surface area contributed by atoms with Gasteiger partial charge in [0.1, 0.15) is 5.75 Å². The summed E-state index contributed by atoms with van der Waals surface area (Å²) in [4.78, 5) is 6.12. The van der Waals surface area contributed by atoms with Gasteiger partial charge in [-0.15, -0.1) is 0 Å². The number of nitrogens with zero attached hydrogens (tertiary/aromatic N) is 2. The quantitative estimate of drug-likeness (QED) is 0.850. The molecule has 1 heterocycles. The number of aliphatic hydroxyl groups is 1. The van der Waals surface area contributed by atoms with E-state index in [1.54, 1.807) is 19.5 Å². The Morgan fingerprint density at radius 2 is 2.12 bits per heavy atom. The van der Waals surface area contributed by atoms with Crippen molar-refractivity contribution >= 4 is 0 Å². The Bertz CT molecular complexity index is 368. The number of pyridine rings is 1. The van der Waals surface area contributed by atoms with Gasteiger partial charge in [0.15, 0.2) is 0 Å². The first-order valence-electron chi connectivity index (χ1n) is 5.80. The van der Waals surface area contributed by atoms with Crippen LogP contribution in [-0.4, -0.2) is 41.7 Å². The topological polar surface area (TPSA) is 45.6 Å². The van der Waals surface area contributed by atoms with Crippen LogP contribution in [0.25, 0.3) is 0 Å². The third-order valence-corrected chi connectivity index (χ3v) is 3.61. The standard InChI is InChI=1S/C13H22N2O2/c1-6-13(2,15(3)4)12(16)10-7-11(17-5)9-14-8-10/h7-9,12,16H,6H2,1-5H3. The van der Waals surface area contributed by atoms with Crippen LogP contribution < -0.4 is 4.74 Å². The van der Waals surface area contributed by atoms with Crippen LogP contribution in [0.3, 0.4) is 0 Å². The summed E-state index contributed by atoms with van der Waals surface area (Å²) in [5, 5.41) is 10.5. The molecule has 0 aliphatic heterocycles. The molecule has 0 saturated carbocycles. The molecule has 1 rings (SSSR count). The Hall–Kier alpha value is -1.13. The van der Waals surface area contributed by atoms with Gasteiger partial charge in [-0.2, -0.15) is 0 Å². The molecular weight excluding hydrogens is 216 g/mol. The maximum absolute atomic E-state index is 10.5. The molecule has 0 aliphatic rings. The number of ether oxygens (including phenoxy) is 1. The molecule has 4 heteroatoms. The molecule has 17 heavy (non-hydrogen) atoms. The Kier molecular flexibility index (Phi) is 4.48. The zero-order chi connectivity index (χ0) is 13.1. The summed E-state index contributed by atoms with van der Waals surface area (Å²) in [5.41, 5.74) is 0.469. The Morgan fingerprint density at radius 1 is 1.47 bits per heavy atom. The highest BCUT2D eigenvalue weighted by Gasteiger charge is 2.34. The van der Waals surface area contributed by atoms with Crippen molar-refractivity contribution in [2.24, 2.45) is 0 Å². The van der Waals surface area contributed by atoms with E-state index in [-0.39, 0.29) is 5.54 Å². The molecule has 0 bridgehead atoms. The lowest BCUT2D eigenvalue weighted by molar-refractivity contribution is 0.000562. The minimum absolute atomic E-state index is 0.311. The molecule has 2 unspecified atom stereocenters. The van der Waals surface area contributed by atoms with Gasteiger partial charge in [0.2, 0.25) is 0 Å². The minimum atomic E-state index is -0.593. The fourth-order valence-electron chi connectivity index (χ4n) is 1.81. The Labute approximate surface area is 103 Å². The first-order chi connectivity index (χ1) is 7.95. The fourth-order valence-corrected chi connectivity index (χ4v) is 1.81. The van der Waals surface area contributed by atoms with Crippen molar-refractivity contribution in [1.82, 2.24) is 9.88 Å². The third-order valence-electron chi connectivity index (χ3n) is 3.61. The average molecular weight is 238 g/mol. The minimum Gasteiger partial charge on any atom is -0.495 e. The summed E-state index contributed by atoms with van der Waals surface area (Å²) in [6.07, 6.45) is 3.57. The van der Waals surface area contributed by atoms with Gasteiger partial charge in [-0.05, 0) is 33.5 Å². The first kappa shape index (κ1) is 13.9. The molecule has 0 radical (unpaired) electrons. The predicted octanol–water partition coefficient (Wildman–Crippen LogP) is 1.85. The van der Waals surface area contributed by atoms with Crippen LogP contribution in [0.15, 0.2) is 18.5 Å².